The van der Waals surface area contributed by atoms with E-state index in [1.54, 1.807) is 42.5 Å². The molecule has 2 aromatic heterocycles. The molecule has 7 heteroatoms. The summed E-state index contributed by atoms with van der Waals surface area (Å²) in [5, 5.41) is 6.70. The predicted octanol–water partition coefficient (Wildman–Crippen LogP) is 4.81. The van der Waals surface area contributed by atoms with Crippen LogP contribution in [0.15, 0.2) is 53.1 Å². The van der Waals surface area contributed by atoms with E-state index in [0.29, 0.717) is 20.6 Å². The highest BCUT2D eigenvalue weighted by molar-refractivity contribution is 7.18. The van der Waals surface area contributed by atoms with E-state index in [-0.39, 0.29) is 17.6 Å². The fraction of sp³-hybridized carbons (Fsp3) is 0.0588. The summed E-state index contributed by atoms with van der Waals surface area (Å²) < 4.78 is 5.04. The van der Waals surface area contributed by atoms with Crippen molar-refractivity contribution in [2.75, 3.05) is 10.6 Å². The Morgan fingerprint density at radius 2 is 1.83 bits per heavy atom. The number of hydrogen-bond acceptors (Lipinski definition) is 4. The number of carbonyl (C=O) groups excluding carboxylic acids is 2. The van der Waals surface area contributed by atoms with Crippen LogP contribution in [0, 0.1) is 6.92 Å². The number of anilines is 2. The molecule has 0 saturated carbocycles. The molecule has 2 heterocycles. The van der Waals surface area contributed by atoms with Gasteiger partial charge < -0.3 is 15.1 Å². The number of amides is 2. The number of carbonyl (C=O) groups is 2. The third-order valence-electron chi connectivity index (χ3n) is 3.21. The Bertz CT molecular complexity index is 870. The highest BCUT2D eigenvalue weighted by atomic mass is 35.5. The minimum Gasteiger partial charge on any atom is -0.459 e. The van der Waals surface area contributed by atoms with Gasteiger partial charge in [-0.25, -0.2) is 0 Å². The molecule has 0 spiro atoms. The van der Waals surface area contributed by atoms with Crippen molar-refractivity contribution in [1.82, 2.24) is 0 Å². The Morgan fingerprint density at radius 1 is 1.08 bits per heavy atom. The topological polar surface area (TPSA) is 71.3 Å². The van der Waals surface area contributed by atoms with Gasteiger partial charge in [-0.15, -0.1) is 11.3 Å². The van der Waals surface area contributed by atoms with E-state index < -0.39 is 0 Å². The Labute approximate surface area is 147 Å². The molecule has 0 fully saturated rings. The van der Waals surface area contributed by atoms with Crippen LogP contribution in [0.5, 0.6) is 0 Å². The predicted molar refractivity (Wildman–Crippen MR) is 95.1 cm³/mol. The van der Waals surface area contributed by atoms with Crippen molar-refractivity contribution in [1.29, 1.82) is 0 Å². The molecule has 2 amide bonds. The first-order valence-corrected chi connectivity index (χ1v) is 8.24. The molecule has 1 aromatic carbocycles. The number of hydrogen-bond donors (Lipinski definition) is 2. The van der Waals surface area contributed by atoms with E-state index >= 15 is 0 Å². The first-order chi connectivity index (χ1) is 11.5. The molecule has 0 bridgehead atoms. The van der Waals surface area contributed by atoms with E-state index in [2.05, 4.69) is 10.6 Å². The Hall–Kier alpha value is -2.57. The number of nitrogens with one attached hydrogen (secondary N) is 2. The smallest absolute Gasteiger partial charge is 0.291 e. The van der Waals surface area contributed by atoms with Crippen LogP contribution in [0.4, 0.5) is 10.7 Å². The third-order valence-corrected chi connectivity index (χ3v) is 4.61. The molecule has 2 N–H and O–H groups in total. The lowest BCUT2D eigenvalue weighted by atomic mass is 10.2. The summed E-state index contributed by atoms with van der Waals surface area (Å²) in [4.78, 5) is 24.9. The van der Waals surface area contributed by atoms with Crippen LogP contribution < -0.4 is 10.6 Å². The zero-order valence-electron chi connectivity index (χ0n) is 12.6. The molecular formula is C17H13ClN2O3S. The Morgan fingerprint density at radius 3 is 2.50 bits per heavy atom. The third kappa shape index (κ3) is 3.67. The van der Waals surface area contributed by atoms with Crippen LogP contribution >= 0.6 is 22.9 Å². The number of benzene rings is 1. The average molecular weight is 361 g/mol. The summed E-state index contributed by atoms with van der Waals surface area (Å²) >= 11 is 7.03. The second kappa shape index (κ2) is 6.90. The number of furan rings is 1. The second-order valence-corrected chi connectivity index (χ2v) is 6.50. The lowest BCUT2D eigenvalue weighted by Gasteiger charge is -2.04. The molecule has 0 saturated heterocycles. The fourth-order valence-electron chi connectivity index (χ4n) is 2.07. The van der Waals surface area contributed by atoms with Crippen molar-refractivity contribution in [3.63, 3.8) is 0 Å². The first-order valence-electron chi connectivity index (χ1n) is 7.05. The summed E-state index contributed by atoms with van der Waals surface area (Å²) in [6.07, 6.45) is 1.43. The number of halogens is 1. The van der Waals surface area contributed by atoms with Gasteiger partial charge in [0.2, 0.25) is 0 Å². The largest absolute Gasteiger partial charge is 0.459 e. The van der Waals surface area contributed by atoms with E-state index in [9.17, 15) is 9.59 Å². The van der Waals surface area contributed by atoms with Crippen molar-refractivity contribution in [2.24, 2.45) is 0 Å². The van der Waals surface area contributed by atoms with E-state index in [1.165, 1.54) is 17.6 Å². The standard InChI is InChI=1S/C17H13ClN2O3S/c1-10-9-14(20-16(21)13-3-2-8-23-13)24-15(10)17(22)19-12-6-4-11(18)5-7-12/h2-9H,1H3,(H,19,22)(H,20,21). The maximum Gasteiger partial charge on any atom is 0.291 e. The maximum atomic E-state index is 12.4. The summed E-state index contributed by atoms with van der Waals surface area (Å²) in [7, 11) is 0. The number of aryl methyl sites for hydroxylation is 1. The molecular weight excluding hydrogens is 348 g/mol. The van der Waals surface area contributed by atoms with Gasteiger partial charge in [0.15, 0.2) is 5.76 Å². The molecule has 3 aromatic rings. The Kier molecular flexibility index (Phi) is 4.69. The van der Waals surface area contributed by atoms with Crippen LogP contribution in [-0.4, -0.2) is 11.8 Å². The van der Waals surface area contributed by atoms with Crippen molar-refractivity contribution >= 4 is 45.4 Å². The molecule has 0 aliphatic carbocycles. The van der Waals surface area contributed by atoms with E-state index in [4.69, 9.17) is 16.0 Å². The van der Waals surface area contributed by atoms with Crippen LogP contribution in [-0.2, 0) is 0 Å². The molecule has 3 rings (SSSR count). The van der Waals surface area contributed by atoms with Crippen molar-refractivity contribution < 1.29 is 14.0 Å². The second-order valence-electron chi connectivity index (χ2n) is 5.02. The highest BCUT2D eigenvalue weighted by Crippen LogP contribution is 2.28. The highest BCUT2D eigenvalue weighted by Gasteiger charge is 2.16. The zero-order valence-corrected chi connectivity index (χ0v) is 14.2. The average Bonchev–Trinajstić information content (AvgIpc) is 3.19. The molecule has 122 valence electrons. The summed E-state index contributed by atoms with van der Waals surface area (Å²) in [5.41, 5.74) is 1.43. The maximum absolute atomic E-state index is 12.4. The molecule has 0 radical (unpaired) electrons. The normalized spacial score (nSPS) is 10.4. The lowest BCUT2D eigenvalue weighted by Crippen LogP contribution is -2.11. The molecule has 24 heavy (non-hydrogen) atoms. The van der Waals surface area contributed by atoms with Crippen molar-refractivity contribution in [2.45, 2.75) is 6.92 Å². The van der Waals surface area contributed by atoms with Gasteiger partial charge in [-0.05, 0) is 55.0 Å². The Balaban J connectivity index is 1.72. The van der Waals surface area contributed by atoms with E-state index in [0.717, 1.165) is 5.56 Å². The van der Waals surface area contributed by atoms with Gasteiger partial charge in [0.25, 0.3) is 11.8 Å². The molecule has 0 aliphatic heterocycles. The van der Waals surface area contributed by atoms with Gasteiger partial charge in [-0.1, -0.05) is 11.6 Å². The first kappa shape index (κ1) is 16.3. The zero-order chi connectivity index (χ0) is 17.1. The fourth-order valence-corrected chi connectivity index (χ4v) is 3.16. The minimum absolute atomic E-state index is 0.216. The van der Waals surface area contributed by atoms with E-state index in [1.807, 2.05) is 6.92 Å². The van der Waals surface area contributed by atoms with Crippen LogP contribution in [0.25, 0.3) is 0 Å². The molecule has 0 atom stereocenters. The van der Waals surface area contributed by atoms with Gasteiger partial charge in [-0.2, -0.15) is 0 Å². The van der Waals surface area contributed by atoms with Gasteiger partial charge in [-0.3, -0.25) is 9.59 Å². The lowest BCUT2D eigenvalue weighted by molar-refractivity contribution is 0.0995. The summed E-state index contributed by atoms with van der Waals surface area (Å²) in [5.74, 6) is -0.377. The van der Waals surface area contributed by atoms with Gasteiger partial charge >= 0.3 is 0 Å². The van der Waals surface area contributed by atoms with Gasteiger partial charge in [0, 0.05) is 10.7 Å². The van der Waals surface area contributed by atoms with Crippen molar-refractivity contribution in [3.05, 3.63) is 70.0 Å². The molecule has 0 aliphatic rings. The SMILES string of the molecule is Cc1cc(NC(=O)c2ccco2)sc1C(=O)Nc1ccc(Cl)cc1. The van der Waals surface area contributed by atoms with Crippen LogP contribution in [0.3, 0.4) is 0 Å². The monoisotopic (exact) mass is 360 g/mol. The number of rotatable bonds is 4. The molecule has 5 nitrogen and oxygen atoms in total. The molecule has 0 unspecified atom stereocenters. The number of thiophene rings is 1. The quantitative estimate of drug-likeness (QED) is 0.701. The summed E-state index contributed by atoms with van der Waals surface area (Å²) in [6, 6.07) is 11.8. The summed E-state index contributed by atoms with van der Waals surface area (Å²) in [6.45, 7) is 1.82. The van der Waals surface area contributed by atoms with Gasteiger partial charge in [0.1, 0.15) is 0 Å². The van der Waals surface area contributed by atoms with Crippen molar-refractivity contribution in [3.8, 4) is 0 Å². The van der Waals surface area contributed by atoms with Gasteiger partial charge in [0.05, 0.1) is 16.1 Å². The van der Waals surface area contributed by atoms with Crippen LogP contribution in [0.2, 0.25) is 5.02 Å². The van der Waals surface area contributed by atoms with Crippen LogP contribution in [0.1, 0.15) is 25.8 Å². The minimum atomic E-state index is -0.356.